The van der Waals surface area contributed by atoms with Gasteiger partial charge in [-0.2, -0.15) is 9.78 Å². The molecule has 0 saturated carbocycles. The molecule has 0 aliphatic carbocycles. The number of rotatable bonds is 8. The van der Waals surface area contributed by atoms with Gasteiger partial charge in [-0.05, 0) is 80.3 Å². The molecule has 3 heterocycles. The van der Waals surface area contributed by atoms with E-state index in [4.69, 9.17) is 61.3 Å². The standard InChI is InChI=1S/C27H27Cl3N6O2S/c1-18-13-20(4-7-23(18)29)37-16-26-32-35(17-34-11-9-33(2)10-12-34)27(39)36(26)31-15-21-5-8-25(38-21)22-6-3-19(28)14-24(22)30/h3-8,13-15H,9-12,16-17H2,1-2H3. The molecule has 2 aromatic carbocycles. The van der Waals surface area contributed by atoms with E-state index < -0.39 is 0 Å². The van der Waals surface area contributed by atoms with Gasteiger partial charge in [0.25, 0.3) is 0 Å². The minimum atomic E-state index is 0.168. The molecule has 4 aromatic rings. The van der Waals surface area contributed by atoms with Gasteiger partial charge >= 0.3 is 0 Å². The maximum atomic E-state index is 6.35. The largest absolute Gasteiger partial charge is 0.486 e. The second kappa shape index (κ2) is 12.2. The number of aryl methyl sites for hydroxylation is 1. The van der Waals surface area contributed by atoms with E-state index in [1.54, 1.807) is 27.7 Å². The minimum absolute atomic E-state index is 0.168. The van der Waals surface area contributed by atoms with Crippen molar-refractivity contribution >= 4 is 53.2 Å². The molecule has 1 aliphatic heterocycles. The third kappa shape index (κ3) is 6.74. The number of piperazine rings is 1. The van der Waals surface area contributed by atoms with Crippen LogP contribution in [0.2, 0.25) is 15.1 Å². The van der Waals surface area contributed by atoms with Crippen molar-refractivity contribution in [3.05, 3.63) is 85.5 Å². The molecule has 0 N–H and O–H groups in total. The van der Waals surface area contributed by atoms with Crippen LogP contribution in [-0.4, -0.2) is 63.7 Å². The fourth-order valence-electron chi connectivity index (χ4n) is 4.15. The first-order valence-electron chi connectivity index (χ1n) is 12.3. The molecule has 1 aliphatic rings. The predicted molar refractivity (Wildman–Crippen MR) is 158 cm³/mol. The third-order valence-corrected chi connectivity index (χ3v) is 7.79. The molecule has 0 bridgehead atoms. The van der Waals surface area contributed by atoms with Gasteiger partial charge in [-0.3, -0.25) is 4.90 Å². The van der Waals surface area contributed by atoms with Gasteiger partial charge in [0.2, 0.25) is 4.77 Å². The van der Waals surface area contributed by atoms with E-state index in [0.29, 0.717) is 49.6 Å². The van der Waals surface area contributed by atoms with Crippen molar-refractivity contribution in [1.82, 2.24) is 24.3 Å². The molecule has 204 valence electrons. The maximum Gasteiger partial charge on any atom is 0.220 e. The number of nitrogens with zero attached hydrogens (tertiary/aromatic N) is 6. The predicted octanol–water partition coefficient (Wildman–Crippen LogP) is 6.61. The summed E-state index contributed by atoms with van der Waals surface area (Å²) in [6.45, 7) is 6.54. The van der Waals surface area contributed by atoms with E-state index in [0.717, 1.165) is 37.3 Å². The van der Waals surface area contributed by atoms with Gasteiger partial charge in [-0.25, -0.2) is 4.68 Å². The molecular formula is C27H27Cl3N6O2S. The summed E-state index contributed by atoms with van der Waals surface area (Å²) >= 11 is 24.3. The fourth-order valence-corrected chi connectivity index (χ4v) is 5.02. The first-order valence-corrected chi connectivity index (χ1v) is 13.9. The molecule has 8 nitrogen and oxygen atoms in total. The maximum absolute atomic E-state index is 6.35. The Balaban J connectivity index is 1.40. The van der Waals surface area contributed by atoms with Gasteiger partial charge in [0.05, 0.1) is 17.9 Å². The Hall–Kier alpha value is -2.66. The van der Waals surface area contributed by atoms with Crippen LogP contribution in [0.4, 0.5) is 0 Å². The van der Waals surface area contributed by atoms with E-state index in [9.17, 15) is 0 Å². The molecule has 1 saturated heterocycles. The average Bonchev–Trinajstić information content (AvgIpc) is 3.49. The van der Waals surface area contributed by atoms with E-state index in [1.165, 1.54) is 0 Å². The highest BCUT2D eigenvalue weighted by Crippen LogP contribution is 2.31. The summed E-state index contributed by atoms with van der Waals surface area (Å²) in [6, 6.07) is 14.4. The Morgan fingerprint density at radius 2 is 1.82 bits per heavy atom. The molecule has 2 aromatic heterocycles. The summed E-state index contributed by atoms with van der Waals surface area (Å²) in [5, 5.41) is 11.1. The van der Waals surface area contributed by atoms with Crippen molar-refractivity contribution in [3.63, 3.8) is 0 Å². The lowest BCUT2D eigenvalue weighted by molar-refractivity contribution is 0.118. The Morgan fingerprint density at radius 3 is 2.56 bits per heavy atom. The van der Waals surface area contributed by atoms with Crippen LogP contribution in [0.3, 0.4) is 0 Å². The minimum Gasteiger partial charge on any atom is -0.486 e. The summed E-state index contributed by atoms with van der Waals surface area (Å²) in [4.78, 5) is 4.62. The van der Waals surface area contributed by atoms with E-state index >= 15 is 0 Å². The normalized spacial score (nSPS) is 14.9. The Kier molecular flexibility index (Phi) is 8.76. The van der Waals surface area contributed by atoms with Gasteiger partial charge < -0.3 is 14.1 Å². The lowest BCUT2D eigenvalue weighted by atomic mass is 10.2. The molecule has 0 radical (unpaired) electrons. The van der Waals surface area contributed by atoms with Gasteiger partial charge in [0, 0.05) is 41.8 Å². The molecule has 39 heavy (non-hydrogen) atoms. The van der Waals surface area contributed by atoms with Gasteiger partial charge in [0.1, 0.15) is 23.9 Å². The Bertz CT molecular complexity index is 1560. The highest BCUT2D eigenvalue weighted by Gasteiger charge is 2.18. The van der Waals surface area contributed by atoms with Crippen LogP contribution < -0.4 is 4.74 Å². The number of furan rings is 1. The number of halogens is 3. The second-order valence-corrected chi connectivity index (χ2v) is 11.0. The van der Waals surface area contributed by atoms with Gasteiger partial charge in [-0.1, -0.05) is 34.8 Å². The third-order valence-electron chi connectivity index (χ3n) is 6.43. The van der Waals surface area contributed by atoms with Crippen molar-refractivity contribution in [2.45, 2.75) is 20.2 Å². The van der Waals surface area contributed by atoms with Gasteiger partial charge in [0.15, 0.2) is 5.82 Å². The number of hydrogen-bond donors (Lipinski definition) is 0. The molecule has 12 heteroatoms. The van der Waals surface area contributed by atoms with Crippen LogP contribution in [0.1, 0.15) is 17.1 Å². The summed E-state index contributed by atoms with van der Waals surface area (Å²) in [5.41, 5.74) is 1.67. The van der Waals surface area contributed by atoms with E-state index in [2.05, 4.69) is 21.9 Å². The van der Waals surface area contributed by atoms with Crippen LogP contribution in [0.5, 0.6) is 5.75 Å². The molecular weight excluding hydrogens is 579 g/mol. The first kappa shape index (κ1) is 27.9. The smallest absolute Gasteiger partial charge is 0.220 e. The highest BCUT2D eigenvalue weighted by molar-refractivity contribution is 7.71. The van der Waals surface area contributed by atoms with Crippen LogP contribution in [0.15, 0.2) is 58.0 Å². The lowest BCUT2D eigenvalue weighted by Gasteiger charge is -2.31. The lowest BCUT2D eigenvalue weighted by Crippen LogP contribution is -2.45. The van der Waals surface area contributed by atoms with Crippen molar-refractivity contribution < 1.29 is 9.15 Å². The molecule has 0 amide bonds. The SMILES string of the molecule is Cc1cc(OCc2nn(CN3CCN(C)CC3)c(=S)n2N=Cc2ccc(-c3ccc(Cl)cc3Cl)o2)ccc1Cl. The number of likely N-dealkylation sites (N-methyl/N-ethyl adjacent to an activating group) is 1. The van der Waals surface area contributed by atoms with Gasteiger partial charge in [-0.15, -0.1) is 5.10 Å². The molecule has 5 rings (SSSR count). The number of hydrogen-bond acceptors (Lipinski definition) is 7. The number of benzene rings is 2. The Labute approximate surface area is 246 Å². The van der Waals surface area contributed by atoms with Crippen molar-refractivity contribution in [2.75, 3.05) is 33.2 Å². The van der Waals surface area contributed by atoms with Crippen molar-refractivity contribution in [3.8, 4) is 17.1 Å². The molecule has 0 atom stereocenters. The second-order valence-electron chi connectivity index (χ2n) is 9.34. The summed E-state index contributed by atoms with van der Waals surface area (Å²) in [6.07, 6.45) is 1.60. The Morgan fingerprint density at radius 1 is 1.03 bits per heavy atom. The topological polar surface area (TPSA) is 64.0 Å². The fraction of sp³-hybridized carbons (Fsp3) is 0.296. The zero-order valence-corrected chi connectivity index (χ0v) is 24.6. The van der Waals surface area contributed by atoms with Crippen LogP contribution in [0, 0.1) is 11.7 Å². The van der Waals surface area contributed by atoms with Crippen LogP contribution in [-0.2, 0) is 13.3 Å². The molecule has 0 spiro atoms. The summed E-state index contributed by atoms with van der Waals surface area (Å²) in [5.74, 6) is 2.38. The molecule has 1 fully saturated rings. The average molecular weight is 606 g/mol. The number of aromatic nitrogens is 3. The van der Waals surface area contributed by atoms with Crippen molar-refractivity contribution in [2.24, 2.45) is 5.10 Å². The quantitative estimate of drug-likeness (QED) is 0.166. The number of ether oxygens (including phenoxy) is 1. The highest BCUT2D eigenvalue weighted by atomic mass is 35.5. The van der Waals surface area contributed by atoms with E-state index in [-0.39, 0.29) is 6.61 Å². The van der Waals surface area contributed by atoms with Crippen LogP contribution >= 0.6 is 47.0 Å². The zero-order valence-electron chi connectivity index (χ0n) is 21.5. The van der Waals surface area contributed by atoms with Crippen molar-refractivity contribution in [1.29, 1.82) is 0 Å². The summed E-state index contributed by atoms with van der Waals surface area (Å²) in [7, 11) is 2.13. The summed E-state index contributed by atoms with van der Waals surface area (Å²) < 4.78 is 15.9. The zero-order chi connectivity index (χ0) is 27.5. The molecule has 0 unspecified atom stereocenters. The first-order chi connectivity index (χ1) is 18.8. The van der Waals surface area contributed by atoms with Crippen LogP contribution in [0.25, 0.3) is 11.3 Å². The van der Waals surface area contributed by atoms with E-state index in [1.807, 2.05) is 43.3 Å². The monoisotopic (exact) mass is 604 g/mol.